The molecule has 4 atom stereocenters. The molecule has 6 rings (SSSR count). The first-order valence-electron chi connectivity index (χ1n) is 17.2. The smallest absolute Gasteiger partial charge is 0.246 e. The van der Waals surface area contributed by atoms with Crippen LogP contribution in [0.15, 0.2) is 91.0 Å². The quantitative estimate of drug-likeness (QED) is 0.255. The van der Waals surface area contributed by atoms with Gasteiger partial charge in [-0.15, -0.1) is 0 Å². The van der Waals surface area contributed by atoms with Gasteiger partial charge in [0.15, 0.2) is 0 Å². The van der Waals surface area contributed by atoms with Gasteiger partial charge < -0.3 is 41.7 Å². The van der Waals surface area contributed by atoms with Crippen molar-refractivity contribution in [2.45, 2.75) is 62.1 Å². The van der Waals surface area contributed by atoms with E-state index in [4.69, 9.17) is 0 Å². The number of nitrogens with zero attached hydrogens (tertiary/aromatic N) is 3. The van der Waals surface area contributed by atoms with Crippen molar-refractivity contribution in [2.24, 2.45) is 5.92 Å². The molecule has 0 saturated carbocycles. The molecule has 0 spiro atoms. The van der Waals surface area contributed by atoms with Gasteiger partial charge in [0, 0.05) is 38.4 Å². The van der Waals surface area contributed by atoms with Gasteiger partial charge in [-0.3, -0.25) is 14.4 Å². The Kier molecular flexibility index (Phi) is 11.4. The minimum Gasteiger partial charge on any atom is -1.00 e. The molecular weight excluding hydrogens is 668 g/mol. The van der Waals surface area contributed by atoms with Crippen molar-refractivity contribution in [2.75, 3.05) is 46.8 Å². The molecule has 9 heteroatoms. The fourth-order valence-corrected chi connectivity index (χ4v) is 8.34. The number of hydrogen-bond donors (Lipinski definition) is 2. The van der Waals surface area contributed by atoms with Crippen LogP contribution in [0.3, 0.4) is 0 Å². The van der Waals surface area contributed by atoms with E-state index < -0.39 is 23.6 Å². The van der Waals surface area contributed by atoms with E-state index in [0.717, 1.165) is 53.5 Å². The van der Waals surface area contributed by atoms with Crippen LogP contribution < -0.4 is 22.3 Å². The van der Waals surface area contributed by atoms with E-state index in [9.17, 15) is 19.5 Å². The molecule has 0 radical (unpaired) electrons. The third kappa shape index (κ3) is 7.53. The minimum absolute atomic E-state index is 0. The first-order valence-corrected chi connectivity index (χ1v) is 17.2. The maximum absolute atomic E-state index is 14.6. The number of β-amino-alcohol motifs (C(OH)–C–C–N with tert-alkyl or cyclic N) is 1. The van der Waals surface area contributed by atoms with E-state index in [1.165, 1.54) is 0 Å². The van der Waals surface area contributed by atoms with Crippen molar-refractivity contribution in [3.63, 3.8) is 0 Å². The van der Waals surface area contributed by atoms with E-state index >= 15 is 0 Å². The van der Waals surface area contributed by atoms with E-state index in [1.54, 1.807) is 9.80 Å². The Morgan fingerprint density at radius 1 is 0.812 bits per heavy atom. The first kappa shape index (κ1) is 35.8. The van der Waals surface area contributed by atoms with E-state index in [0.29, 0.717) is 25.4 Å². The molecule has 2 N–H and O–H groups in total. The fourth-order valence-electron chi connectivity index (χ4n) is 8.34. The number of benzene rings is 3. The maximum atomic E-state index is 14.6. The lowest BCUT2D eigenvalue weighted by Crippen LogP contribution is -3.00. The summed E-state index contributed by atoms with van der Waals surface area (Å²) < 4.78 is 0.961. The van der Waals surface area contributed by atoms with E-state index in [1.807, 2.05) is 54.6 Å². The fraction of sp³-hybridized carbons (Fsp3) is 0.462. The predicted octanol–water partition coefficient (Wildman–Crippen LogP) is 0.971. The topological polar surface area (TPSA) is 89.9 Å². The molecule has 48 heavy (non-hydrogen) atoms. The van der Waals surface area contributed by atoms with Gasteiger partial charge in [0.2, 0.25) is 17.7 Å². The number of carbonyl (C=O) groups excluding carboxylic acids is 3. The number of rotatable bonds is 9. The molecule has 0 unspecified atom stereocenters. The maximum Gasteiger partial charge on any atom is 0.246 e. The molecule has 3 aliphatic heterocycles. The monoisotopic (exact) mass is 716 g/mol. The summed E-state index contributed by atoms with van der Waals surface area (Å²) in [5, 5.41) is 14.0. The zero-order chi connectivity index (χ0) is 33.0. The number of piperidine rings is 1. The molecule has 3 fully saturated rings. The lowest BCUT2D eigenvalue weighted by Gasteiger charge is -2.38. The summed E-state index contributed by atoms with van der Waals surface area (Å²) in [6.45, 7) is 3.36. The van der Waals surface area contributed by atoms with E-state index in [2.05, 4.69) is 55.8 Å². The second-order valence-corrected chi connectivity index (χ2v) is 14.4. The molecule has 0 aliphatic carbocycles. The standard InChI is InChI=1S/C39H48N4O4.BrH/c1-43(2)23-13-14-29(28-43)26-40-37(46)34-21-12-22-41(34)38(47)35-24-33(44)27-42(35)36(45)25-39(30-15-6-3-7-16-30,31-17-8-4-9-18-31)32-19-10-5-11-20-32;/h3-11,15-20,29,33-35,44H,12-14,21-28H2,1-2H3;1H/t29-,33-,34-,35+;/m1./s1. The largest absolute Gasteiger partial charge is 1.00 e. The number of hydrogen-bond acceptors (Lipinski definition) is 4. The highest BCUT2D eigenvalue weighted by atomic mass is 79.9. The molecule has 256 valence electrons. The van der Waals surface area contributed by atoms with Crippen LogP contribution in [0.25, 0.3) is 0 Å². The lowest BCUT2D eigenvalue weighted by atomic mass is 9.67. The summed E-state index contributed by atoms with van der Waals surface area (Å²) in [5.74, 6) is -0.132. The average molecular weight is 718 g/mol. The van der Waals surface area contributed by atoms with Gasteiger partial charge in [0.25, 0.3) is 0 Å². The van der Waals surface area contributed by atoms with Crippen LogP contribution in [0.1, 0.15) is 55.2 Å². The molecule has 3 saturated heterocycles. The van der Waals surface area contributed by atoms with Crippen LogP contribution in [0, 0.1) is 5.92 Å². The second kappa shape index (κ2) is 15.3. The van der Waals surface area contributed by atoms with Crippen LogP contribution in [-0.4, -0.2) is 102 Å². The SMILES string of the molecule is C[N+]1(C)CCC[C@H](CNC(=O)[C@H]2CCCN2C(=O)[C@@H]2C[C@@H](O)CN2C(=O)CC(c2ccccc2)(c2ccccc2)c2ccccc2)C1.[Br-]. The van der Waals surface area contributed by atoms with Crippen molar-refractivity contribution in [3.8, 4) is 0 Å². The number of quaternary nitrogens is 1. The van der Waals surface area contributed by atoms with Crippen LogP contribution in [0.2, 0.25) is 0 Å². The third-order valence-corrected chi connectivity index (χ3v) is 10.6. The van der Waals surface area contributed by atoms with Crippen molar-refractivity contribution < 1.29 is 41.0 Å². The van der Waals surface area contributed by atoms with Crippen molar-refractivity contribution in [3.05, 3.63) is 108 Å². The number of amides is 3. The van der Waals surface area contributed by atoms with Crippen molar-refractivity contribution in [1.29, 1.82) is 0 Å². The highest BCUT2D eigenvalue weighted by molar-refractivity contribution is 5.93. The minimum atomic E-state index is -0.817. The Morgan fingerprint density at radius 3 is 1.92 bits per heavy atom. The Hall–Kier alpha value is -3.53. The van der Waals surface area contributed by atoms with Crippen molar-refractivity contribution in [1.82, 2.24) is 15.1 Å². The predicted molar refractivity (Wildman–Crippen MR) is 182 cm³/mol. The summed E-state index contributed by atoms with van der Waals surface area (Å²) in [5.41, 5.74) is 2.11. The molecule has 3 heterocycles. The summed E-state index contributed by atoms with van der Waals surface area (Å²) in [7, 11) is 4.47. The Bertz CT molecular complexity index is 1440. The highest BCUT2D eigenvalue weighted by Gasteiger charge is 2.47. The van der Waals surface area contributed by atoms with E-state index in [-0.39, 0.29) is 54.1 Å². The van der Waals surface area contributed by atoms with Crippen LogP contribution in [0.4, 0.5) is 0 Å². The number of likely N-dealkylation sites (tertiary alicyclic amines) is 3. The lowest BCUT2D eigenvalue weighted by molar-refractivity contribution is -0.898. The van der Waals surface area contributed by atoms with Crippen LogP contribution >= 0.6 is 0 Å². The third-order valence-electron chi connectivity index (χ3n) is 10.6. The Morgan fingerprint density at radius 2 is 1.38 bits per heavy atom. The Labute approximate surface area is 295 Å². The summed E-state index contributed by atoms with van der Waals surface area (Å²) in [6.07, 6.45) is 3.03. The normalized spacial score (nSPS) is 23.7. The number of carbonyl (C=O) groups is 3. The van der Waals surface area contributed by atoms with Crippen LogP contribution in [0.5, 0.6) is 0 Å². The van der Waals surface area contributed by atoms with Gasteiger partial charge in [-0.1, -0.05) is 91.0 Å². The van der Waals surface area contributed by atoms with Gasteiger partial charge in [-0.2, -0.15) is 0 Å². The Balaban J connectivity index is 0.00000451. The number of aliphatic hydroxyl groups excluding tert-OH is 1. The molecule has 0 aromatic heterocycles. The molecule has 3 aromatic rings. The van der Waals surface area contributed by atoms with Crippen LogP contribution in [-0.2, 0) is 19.8 Å². The zero-order valence-corrected chi connectivity index (χ0v) is 29.7. The van der Waals surface area contributed by atoms with Gasteiger partial charge in [-0.05, 0) is 42.4 Å². The first-order chi connectivity index (χ1) is 22.7. The zero-order valence-electron chi connectivity index (χ0n) is 28.1. The van der Waals surface area contributed by atoms with Gasteiger partial charge in [0.1, 0.15) is 12.1 Å². The summed E-state index contributed by atoms with van der Waals surface area (Å²) in [4.78, 5) is 45.5. The number of halogens is 1. The van der Waals surface area contributed by atoms with Gasteiger partial charge in [-0.25, -0.2) is 0 Å². The van der Waals surface area contributed by atoms with Gasteiger partial charge >= 0.3 is 0 Å². The second-order valence-electron chi connectivity index (χ2n) is 14.4. The summed E-state index contributed by atoms with van der Waals surface area (Å²) in [6, 6.07) is 28.7. The van der Waals surface area contributed by atoms with Gasteiger partial charge in [0.05, 0.1) is 38.7 Å². The number of aliphatic hydroxyl groups is 1. The molecule has 3 amide bonds. The molecule has 3 aliphatic rings. The highest BCUT2D eigenvalue weighted by Crippen LogP contribution is 2.43. The average Bonchev–Trinajstić information content (AvgIpc) is 3.74. The summed E-state index contributed by atoms with van der Waals surface area (Å²) >= 11 is 0. The van der Waals surface area contributed by atoms with Crippen molar-refractivity contribution >= 4 is 17.7 Å². The molecular formula is C39H49BrN4O4. The molecule has 8 nitrogen and oxygen atoms in total. The molecule has 3 aromatic carbocycles. The number of nitrogens with one attached hydrogen (secondary N) is 1. The molecule has 0 bridgehead atoms.